The summed E-state index contributed by atoms with van der Waals surface area (Å²) in [6.07, 6.45) is 3.89. The number of hydrogen-bond donors (Lipinski definition) is 2. The molecule has 5 nitrogen and oxygen atoms in total. The van der Waals surface area contributed by atoms with Crippen LogP contribution in [-0.4, -0.2) is 41.3 Å². The van der Waals surface area contributed by atoms with Gasteiger partial charge in [0.05, 0.1) is 13.2 Å². The van der Waals surface area contributed by atoms with Crippen LogP contribution in [-0.2, 0) is 6.54 Å². The maximum absolute atomic E-state index is 12.8. The first-order valence-corrected chi connectivity index (χ1v) is 8.91. The zero-order chi connectivity index (χ0) is 17.5. The summed E-state index contributed by atoms with van der Waals surface area (Å²) in [5.41, 5.74) is 1.06. The predicted octanol–water partition coefficient (Wildman–Crippen LogP) is 3.31. The first-order valence-electron chi connectivity index (χ1n) is 8.91. The molecule has 2 rings (SSSR count). The van der Waals surface area contributed by atoms with Gasteiger partial charge in [-0.15, -0.1) is 0 Å². The standard InChI is InChI=1S/C19H30N2O3/c1-4-14(2)20-19(23)21(16-8-10-17(22)11-9-16)13-15-6-5-7-18(12-15)24-3/h5-7,12,14,16-17,22H,4,8-11,13H2,1-3H3,(H,20,23). The molecule has 0 bridgehead atoms. The first kappa shape index (κ1) is 18.6. The summed E-state index contributed by atoms with van der Waals surface area (Å²) in [6.45, 7) is 4.64. The van der Waals surface area contributed by atoms with Crippen molar-refractivity contribution in [3.63, 3.8) is 0 Å². The topological polar surface area (TPSA) is 61.8 Å². The fourth-order valence-corrected chi connectivity index (χ4v) is 3.10. The minimum absolute atomic E-state index is 0.0199. The number of ether oxygens (including phenoxy) is 1. The zero-order valence-corrected chi connectivity index (χ0v) is 15.0. The van der Waals surface area contributed by atoms with E-state index in [4.69, 9.17) is 4.74 Å². The van der Waals surface area contributed by atoms with E-state index in [-0.39, 0.29) is 24.2 Å². The normalized spacial score (nSPS) is 21.8. The number of rotatable bonds is 6. The van der Waals surface area contributed by atoms with E-state index in [2.05, 4.69) is 12.2 Å². The van der Waals surface area contributed by atoms with E-state index < -0.39 is 0 Å². The molecule has 1 aromatic carbocycles. The molecule has 1 fully saturated rings. The van der Waals surface area contributed by atoms with Crippen molar-refractivity contribution in [1.82, 2.24) is 10.2 Å². The Morgan fingerprint density at radius 1 is 1.38 bits per heavy atom. The Bertz CT molecular complexity index is 527. The van der Waals surface area contributed by atoms with Crippen molar-refractivity contribution in [1.29, 1.82) is 0 Å². The molecule has 1 unspecified atom stereocenters. The summed E-state index contributed by atoms with van der Waals surface area (Å²) in [5, 5.41) is 12.8. The smallest absolute Gasteiger partial charge is 0.318 e. The van der Waals surface area contributed by atoms with E-state index in [0.717, 1.165) is 43.4 Å². The zero-order valence-electron chi connectivity index (χ0n) is 15.0. The highest BCUT2D eigenvalue weighted by Gasteiger charge is 2.28. The Kier molecular flexibility index (Phi) is 6.91. The molecule has 1 aromatic rings. The van der Waals surface area contributed by atoms with E-state index in [0.29, 0.717) is 6.54 Å². The average molecular weight is 334 g/mol. The summed E-state index contributed by atoms with van der Waals surface area (Å²) in [7, 11) is 1.65. The van der Waals surface area contributed by atoms with Gasteiger partial charge in [0.1, 0.15) is 5.75 Å². The molecule has 0 aliphatic heterocycles. The van der Waals surface area contributed by atoms with Crippen LogP contribution < -0.4 is 10.1 Å². The van der Waals surface area contributed by atoms with E-state index in [9.17, 15) is 9.90 Å². The summed E-state index contributed by atoms with van der Waals surface area (Å²) < 4.78 is 5.29. The third-order valence-corrected chi connectivity index (χ3v) is 4.84. The summed E-state index contributed by atoms with van der Waals surface area (Å²) >= 11 is 0. The van der Waals surface area contributed by atoms with Gasteiger partial charge in [-0.25, -0.2) is 4.79 Å². The van der Waals surface area contributed by atoms with Gasteiger partial charge in [-0.1, -0.05) is 19.1 Å². The molecule has 1 aliphatic carbocycles. The number of carbonyl (C=O) groups is 1. The minimum atomic E-state index is -0.224. The molecule has 5 heteroatoms. The molecular weight excluding hydrogens is 304 g/mol. The molecule has 0 radical (unpaired) electrons. The van der Waals surface area contributed by atoms with Crippen molar-refractivity contribution in [2.45, 2.75) is 70.7 Å². The second-order valence-electron chi connectivity index (χ2n) is 6.70. The van der Waals surface area contributed by atoms with Gasteiger partial charge in [0, 0.05) is 18.6 Å². The fraction of sp³-hybridized carbons (Fsp3) is 0.632. The monoisotopic (exact) mass is 334 g/mol. The van der Waals surface area contributed by atoms with Crippen LogP contribution >= 0.6 is 0 Å². The average Bonchev–Trinajstić information content (AvgIpc) is 2.60. The van der Waals surface area contributed by atoms with Crippen molar-refractivity contribution in [2.24, 2.45) is 0 Å². The van der Waals surface area contributed by atoms with Crippen LogP contribution in [0, 0.1) is 0 Å². The van der Waals surface area contributed by atoms with Crippen LogP contribution in [0.25, 0.3) is 0 Å². The van der Waals surface area contributed by atoms with Gasteiger partial charge < -0.3 is 20.1 Å². The molecule has 1 atom stereocenters. The number of benzene rings is 1. The fourth-order valence-electron chi connectivity index (χ4n) is 3.10. The molecule has 2 N–H and O–H groups in total. The number of aliphatic hydroxyl groups excluding tert-OH is 1. The van der Waals surface area contributed by atoms with Gasteiger partial charge in [0.25, 0.3) is 0 Å². The van der Waals surface area contributed by atoms with Gasteiger partial charge >= 0.3 is 6.03 Å². The summed E-state index contributed by atoms with van der Waals surface area (Å²) in [4.78, 5) is 14.7. The number of nitrogens with zero attached hydrogens (tertiary/aromatic N) is 1. The van der Waals surface area contributed by atoms with Crippen molar-refractivity contribution >= 4 is 6.03 Å². The molecular formula is C19H30N2O3. The van der Waals surface area contributed by atoms with Crippen LogP contribution in [0.5, 0.6) is 5.75 Å². The highest BCUT2D eigenvalue weighted by molar-refractivity contribution is 5.75. The van der Waals surface area contributed by atoms with E-state index in [1.54, 1.807) is 7.11 Å². The van der Waals surface area contributed by atoms with Crippen molar-refractivity contribution < 1.29 is 14.6 Å². The van der Waals surface area contributed by atoms with Crippen LogP contribution in [0.3, 0.4) is 0 Å². The number of methoxy groups -OCH3 is 1. The quantitative estimate of drug-likeness (QED) is 0.839. The highest BCUT2D eigenvalue weighted by atomic mass is 16.5. The molecule has 0 aromatic heterocycles. The van der Waals surface area contributed by atoms with Crippen LogP contribution in [0.2, 0.25) is 0 Å². The summed E-state index contributed by atoms with van der Waals surface area (Å²) in [5.74, 6) is 0.800. The third kappa shape index (κ3) is 5.13. The predicted molar refractivity (Wildman–Crippen MR) is 95.1 cm³/mol. The molecule has 0 spiro atoms. The molecule has 0 heterocycles. The number of urea groups is 1. The van der Waals surface area contributed by atoms with Crippen LogP contribution in [0.4, 0.5) is 4.79 Å². The van der Waals surface area contributed by atoms with E-state index >= 15 is 0 Å². The van der Waals surface area contributed by atoms with E-state index in [1.165, 1.54) is 0 Å². The second kappa shape index (κ2) is 8.92. The number of amides is 2. The van der Waals surface area contributed by atoms with Gasteiger partial charge in [-0.2, -0.15) is 0 Å². The van der Waals surface area contributed by atoms with Crippen molar-refractivity contribution in [3.8, 4) is 5.75 Å². The Labute approximate surface area is 145 Å². The Morgan fingerprint density at radius 2 is 2.08 bits per heavy atom. The molecule has 2 amide bonds. The van der Waals surface area contributed by atoms with Gasteiger partial charge in [0.2, 0.25) is 0 Å². The van der Waals surface area contributed by atoms with Gasteiger partial charge in [0.15, 0.2) is 0 Å². The highest BCUT2D eigenvalue weighted by Crippen LogP contribution is 2.25. The Morgan fingerprint density at radius 3 is 2.71 bits per heavy atom. The number of nitrogens with one attached hydrogen (secondary N) is 1. The van der Waals surface area contributed by atoms with Gasteiger partial charge in [-0.3, -0.25) is 0 Å². The lowest BCUT2D eigenvalue weighted by Gasteiger charge is -2.36. The SMILES string of the molecule is CCC(C)NC(=O)N(Cc1cccc(OC)c1)C1CCC(O)CC1. The molecule has 0 saturated heterocycles. The lowest BCUT2D eigenvalue weighted by atomic mass is 9.92. The van der Waals surface area contributed by atoms with E-state index in [1.807, 2.05) is 36.1 Å². The van der Waals surface area contributed by atoms with Crippen LogP contribution in [0.15, 0.2) is 24.3 Å². The number of aliphatic hydroxyl groups is 1. The minimum Gasteiger partial charge on any atom is -0.497 e. The maximum Gasteiger partial charge on any atom is 0.318 e. The van der Waals surface area contributed by atoms with Crippen molar-refractivity contribution in [2.75, 3.05) is 7.11 Å². The largest absolute Gasteiger partial charge is 0.497 e. The Hall–Kier alpha value is -1.75. The molecule has 1 aliphatic rings. The molecule has 134 valence electrons. The summed E-state index contributed by atoms with van der Waals surface area (Å²) in [6, 6.07) is 8.15. The van der Waals surface area contributed by atoms with Crippen LogP contribution in [0.1, 0.15) is 51.5 Å². The number of carbonyl (C=O) groups excluding carboxylic acids is 1. The maximum atomic E-state index is 12.8. The van der Waals surface area contributed by atoms with Gasteiger partial charge in [-0.05, 0) is 56.7 Å². The lowest BCUT2D eigenvalue weighted by molar-refractivity contribution is 0.0811. The first-order chi connectivity index (χ1) is 11.5. The third-order valence-electron chi connectivity index (χ3n) is 4.84. The lowest BCUT2D eigenvalue weighted by Crippen LogP contribution is -2.49. The Balaban J connectivity index is 2.13. The molecule has 1 saturated carbocycles. The second-order valence-corrected chi connectivity index (χ2v) is 6.70. The molecule has 24 heavy (non-hydrogen) atoms. The number of hydrogen-bond acceptors (Lipinski definition) is 3. The van der Waals surface area contributed by atoms with Crippen molar-refractivity contribution in [3.05, 3.63) is 29.8 Å².